The van der Waals surface area contributed by atoms with Gasteiger partial charge in [-0.05, 0) is 50.4 Å². The van der Waals surface area contributed by atoms with Crippen LogP contribution in [0, 0.1) is 5.92 Å². The lowest BCUT2D eigenvalue weighted by atomic mass is 9.92. The highest BCUT2D eigenvalue weighted by molar-refractivity contribution is 8.00. The van der Waals surface area contributed by atoms with Crippen LogP contribution in [0.3, 0.4) is 0 Å². The molecule has 2 unspecified atom stereocenters. The zero-order valence-corrected chi connectivity index (χ0v) is 15.8. The van der Waals surface area contributed by atoms with Crippen molar-refractivity contribution in [1.29, 1.82) is 0 Å². The maximum Gasteiger partial charge on any atom is 0.323 e. The van der Waals surface area contributed by atoms with Crippen LogP contribution >= 0.6 is 11.8 Å². The number of carboxylic acids is 1. The standard InChI is InChI=1S/C19H25N3O3S/c1-2-6-16(23)18(13-7-5-10-20-11-13)26-19-21-14-8-3-4-9-15(14)22(19)12-17(24)25/h3-4,8-9,13,18,20H,2,5-7,10-12H2,1H3,(H,24,25). The number of hydrogen-bond donors (Lipinski definition) is 2. The first-order chi connectivity index (χ1) is 12.6. The Hall–Kier alpha value is -1.86. The maximum atomic E-state index is 12.8. The number of nitrogens with one attached hydrogen (secondary N) is 1. The SMILES string of the molecule is CCCC(=O)C(Sc1nc2ccccc2n1CC(=O)O)C1CCCNC1. The number of para-hydroxylation sites is 2. The van der Waals surface area contributed by atoms with Crippen LogP contribution in [0.4, 0.5) is 0 Å². The molecule has 7 heteroatoms. The fraction of sp³-hybridized carbons (Fsp3) is 0.526. The summed E-state index contributed by atoms with van der Waals surface area (Å²) in [6.07, 6.45) is 3.45. The van der Waals surface area contributed by atoms with Crippen molar-refractivity contribution < 1.29 is 14.7 Å². The van der Waals surface area contributed by atoms with Crippen LogP contribution in [0.15, 0.2) is 29.4 Å². The van der Waals surface area contributed by atoms with Crippen LogP contribution in [-0.2, 0) is 16.1 Å². The molecule has 1 aliphatic heterocycles. The number of Topliss-reactive ketones (excluding diaryl/α,β-unsaturated/α-hetero) is 1. The summed E-state index contributed by atoms with van der Waals surface area (Å²) in [5.41, 5.74) is 1.56. The molecule has 1 aromatic heterocycles. The molecule has 2 heterocycles. The van der Waals surface area contributed by atoms with E-state index in [9.17, 15) is 14.7 Å². The van der Waals surface area contributed by atoms with E-state index >= 15 is 0 Å². The number of nitrogens with zero attached hydrogens (tertiary/aromatic N) is 2. The van der Waals surface area contributed by atoms with Gasteiger partial charge in [-0.3, -0.25) is 9.59 Å². The highest BCUT2D eigenvalue weighted by atomic mass is 32.2. The number of carboxylic acid groups (broad SMARTS) is 1. The lowest BCUT2D eigenvalue weighted by Gasteiger charge is -2.29. The van der Waals surface area contributed by atoms with Crippen molar-refractivity contribution in [1.82, 2.24) is 14.9 Å². The first-order valence-corrected chi connectivity index (χ1v) is 10.0. The molecule has 0 saturated carbocycles. The molecular weight excluding hydrogens is 350 g/mol. The molecule has 1 saturated heterocycles. The van der Waals surface area contributed by atoms with Crippen molar-refractivity contribution in [2.45, 2.75) is 49.6 Å². The molecule has 0 radical (unpaired) electrons. The van der Waals surface area contributed by atoms with Crippen molar-refractivity contribution in [3.8, 4) is 0 Å². The Kier molecular flexibility index (Phi) is 6.32. The summed E-state index contributed by atoms with van der Waals surface area (Å²) in [6, 6.07) is 7.52. The van der Waals surface area contributed by atoms with Gasteiger partial charge in [0.25, 0.3) is 0 Å². The average molecular weight is 375 g/mol. The predicted molar refractivity (Wildman–Crippen MR) is 103 cm³/mol. The predicted octanol–water partition coefficient (Wildman–Crippen LogP) is 2.95. The average Bonchev–Trinajstić information content (AvgIpc) is 2.97. The smallest absolute Gasteiger partial charge is 0.323 e. The Bertz CT molecular complexity index is 783. The molecule has 1 aliphatic rings. The molecule has 0 bridgehead atoms. The van der Waals surface area contributed by atoms with Gasteiger partial charge in [0.15, 0.2) is 5.16 Å². The number of imidazole rings is 1. The van der Waals surface area contributed by atoms with Gasteiger partial charge < -0.3 is 15.0 Å². The van der Waals surface area contributed by atoms with Crippen LogP contribution in [0.1, 0.15) is 32.6 Å². The summed E-state index contributed by atoms with van der Waals surface area (Å²) >= 11 is 1.44. The molecule has 2 N–H and O–H groups in total. The van der Waals surface area contributed by atoms with Gasteiger partial charge in [0.2, 0.25) is 0 Å². The van der Waals surface area contributed by atoms with Gasteiger partial charge in [-0.2, -0.15) is 0 Å². The van der Waals surface area contributed by atoms with Crippen LogP contribution in [0.2, 0.25) is 0 Å². The van der Waals surface area contributed by atoms with E-state index in [0.717, 1.165) is 43.4 Å². The summed E-state index contributed by atoms with van der Waals surface area (Å²) < 4.78 is 1.71. The summed E-state index contributed by atoms with van der Waals surface area (Å²) in [4.78, 5) is 28.8. The Morgan fingerprint density at radius 2 is 2.23 bits per heavy atom. The van der Waals surface area contributed by atoms with E-state index < -0.39 is 5.97 Å². The number of rotatable bonds is 8. The van der Waals surface area contributed by atoms with Gasteiger partial charge in [0.05, 0.1) is 16.3 Å². The fourth-order valence-electron chi connectivity index (χ4n) is 3.50. The number of hydrogen-bond acceptors (Lipinski definition) is 5. The van der Waals surface area contributed by atoms with Crippen molar-refractivity contribution in [3.63, 3.8) is 0 Å². The lowest BCUT2D eigenvalue weighted by molar-refractivity contribution is -0.137. The van der Waals surface area contributed by atoms with Gasteiger partial charge in [-0.15, -0.1) is 0 Å². The van der Waals surface area contributed by atoms with E-state index in [1.54, 1.807) is 4.57 Å². The third-order valence-corrected chi connectivity index (χ3v) is 6.15. The number of aromatic nitrogens is 2. The number of piperidine rings is 1. The first kappa shape index (κ1) is 18.9. The maximum absolute atomic E-state index is 12.8. The van der Waals surface area contributed by atoms with Crippen molar-refractivity contribution in [3.05, 3.63) is 24.3 Å². The second kappa shape index (κ2) is 8.68. The lowest BCUT2D eigenvalue weighted by Crippen LogP contribution is -2.39. The van der Waals surface area contributed by atoms with Gasteiger partial charge in [-0.1, -0.05) is 30.8 Å². The molecule has 3 rings (SSSR count). The van der Waals surface area contributed by atoms with E-state index in [4.69, 9.17) is 0 Å². The minimum Gasteiger partial charge on any atom is -0.480 e. The second-order valence-corrected chi connectivity index (χ2v) is 7.83. The molecule has 2 aromatic rings. The van der Waals surface area contributed by atoms with Crippen molar-refractivity contribution >= 4 is 34.5 Å². The normalized spacial score (nSPS) is 18.7. The molecule has 1 aromatic carbocycles. The van der Waals surface area contributed by atoms with E-state index in [1.807, 2.05) is 31.2 Å². The molecular formula is C19H25N3O3S. The van der Waals surface area contributed by atoms with Gasteiger partial charge >= 0.3 is 5.97 Å². The summed E-state index contributed by atoms with van der Waals surface area (Å²) in [6.45, 7) is 3.68. The van der Waals surface area contributed by atoms with E-state index in [2.05, 4.69) is 10.3 Å². The Morgan fingerprint density at radius 3 is 2.92 bits per heavy atom. The quantitative estimate of drug-likeness (QED) is 0.690. The molecule has 1 fully saturated rings. The number of benzene rings is 1. The summed E-state index contributed by atoms with van der Waals surface area (Å²) in [5.74, 6) is -0.420. The molecule has 2 atom stereocenters. The monoisotopic (exact) mass is 375 g/mol. The minimum atomic E-state index is -0.911. The Balaban J connectivity index is 1.94. The number of thioether (sulfide) groups is 1. The van der Waals surface area contributed by atoms with Gasteiger partial charge in [0.1, 0.15) is 12.3 Å². The second-order valence-electron chi connectivity index (χ2n) is 6.72. The first-order valence-electron chi connectivity index (χ1n) is 9.17. The van der Waals surface area contributed by atoms with E-state index in [1.165, 1.54) is 11.8 Å². The van der Waals surface area contributed by atoms with E-state index in [-0.39, 0.29) is 23.5 Å². The van der Waals surface area contributed by atoms with Crippen LogP contribution in [-0.4, -0.2) is 44.7 Å². The fourth-order valence-corrected chi connectivity index (χ4v) is 4.84. The van der Waals surface area contributed by atoms with Gasteiger partial charge in [0, 0.05) is 6.42 Å². The van der Waals surface area contributed by atoms with Crippen LogP contribution in [0.25, 0.3) is 11.0 Å². The van der Waals surface area contributed by atoms with Crippen LogP contribution in [0.5, 0.6) is 0 Å². The summed E-state index contributed by atoms with van der Waals surface area (Å²) in [7, 11) is 0. The number of aliphatic carboxylic acids is 1. The highest BCUT2D eigenvalue weighted by Crippen LogP contribution is 2.34. The molecule has 0 amide bonds. The Morgan fingerprint density at radius 1 is 1.42 bits per heavy atom. The topological polar surface area (TPSA) is 84.2 Å². The molecule has 26 heavy (non-hydrogen) atoms. The van der Waals surface area contributed by atoms with E-state index in [0.29, 0.717) is 11.6 Å². The third-order valence-electron chi connectivity index (χ3n) is 4.72. The summed E-state index contributed by atoms with van der Waals surface area (Å²) in [5, 5.41) is 13.1. The zero-order chi connectivity index (χ0) is 18.5. The number of carbonyl (C=O) groups is 2. The Labute approximate surface area is 157 Å². The zero-order valence-electron chi connectivity index (χ0n) is 15.0. The molecule has 6 nitrogen and oxygen atoms in total. The largest absolute Gasteiger partial charge is 0.480 e. The van der Waals surface area contributed by atoms with Crippen molar-refractivity contribution in [2.24, 2.45) is 5.92 Å². The molecule has 0 aliphatic carbocycles. The van der Waals surface area contributed by atoms with Crippen molar-refractivity contribution in [2.75, 3.05) is 13.1 Å². The highest BCUT2D eigenvalue weighted by Gasteiger charge is 2.31. The third kappa shape index (κ3) is 4.27. The minimum absolute atomic E-state index is 0.152. The number of fused-ring (bicyclic) bond motifs is 1. The molecule has 0 spiro atoms. The molecule has 140 valence electrons. The number of carbonyl (C=O) groups excluding carboxylic acids is 1. The van der Waals surface area contributed by atoms with Gasteiger partial charge in [-0.25, -0.2) is 4.98 Å². The van der Waals surface area contributed by atoms with Crippen LogP contribution < -0.4 is 5.32 Å². The number of ketones is 1.